The van der Waals surface area contributed by atoms with Gasteiger partial charge in [-0.1, -0.05) is 6.08 Å². The zero-order valence-corrected chi connectivity index (χ0v) is 8.63. The SMILES string of the molecule is C/C=C1\CC[C@@H]2C[C@@]1(OC)[C@@]2(C)O. The highest BCUT2D eigenvalue weighted by molar-refractivity contribution is 5.34. The van der Waals surface area contributed by atoms with Crippen LogP contribution in [-0.4, -0.2) is 23.4 Å². The smallest absolute Gasteiger partial charge is 0.118 e. The molecule has 2 bridgehead atoms. The van der Waals surface area contributed by atoms with Crippen molar-refractivity contribution in [2.45, 2.75) is 44.3 Å². The van der Waals surface area contributed by atoms with Crippen molar-refractivity contribution >= 4 is 0 Å². The number of aliphatic hydroxyl groups is 1. The van der Waals surface area contributed by atoms with Crippen LogP contribution in [0.25, 0.3) is 0 Å². The third kappa shape index (κ3) is 0.856. The van der Waals surface area contributed by atoms with Gasteiger partial charge in [-0.25, -0.2) is 0 Å². The van der Waals surface area contributed by atoms with E-state index in [4.69, 9.17) is 4.74 Å². The summed E-state index contributed by atoms with van der Waals surface area (Å²) in [7, 11) is 1.71. The van der Waals surface area contributed by atoms with E-state index >= 15 is 0 Å². The molecule has 3 rings (SSSR count). The standard InChI is InChI=1S/C11H18O2/c1-4-8-5-6-9-7-11(8,13-3)10(9,2)12/h4,9,12H,5-7H2,1-3H3/b8-4+/t9-,10+,11+/m1/s1. The molecule has 0 amide bonds. The second-order valence-corrected chi connectivity index (χ2v) is 4.43. The molecule has 0 aliphatic heterocycles. The van der Waals surface area contributed by atoms with Crippen molar-refractivity contribution in [3.8, 4) is 0 Å². The van der Waals surface area contributed by atoms with Gasteiger partial charge in [0.15, 0.2) is 0 Å². The van der Waals surface area contributed by atoms with E-state index in [-0.39, 0.29) is 5.60 Å². The van der Waals surface area contributed by atoms with Gasteiger partial charge in [0.2, 0.25) is 0 Å². The average molecular weight is 182 g/mol. The van der Waals surface area contributed by atoms with Crippen molar-refractivity contribution in [1.29, 1.82) is 0 Å². The van der Waals surface area contributed by atoms with Gasteiger partial charge >= 0.3 is 0 Å². The molecule has 3 atom stereocenters. The van der Waals surface area contributed by atoms with Crippen LogP contribution in [-0.2, 0) is 4.74 Å². The van der Waals surface area contributed by atoms with E-state index in [1.54, 1.807) is 7.11 Å². The van der Waals surface area contributed by atoms with E-state index in [9.17, 15) is 5.11 Å². The predicted molar refractivity (Wildman–Crippen MR) is 51.5 cm³/mol. The van der Waals surface area contributed by atoms with Gasteiger partial charge in [-0.05, 0) is 44.6 Å². The predicted octanol–water partition coefficient (Wildman–Crippen LogP) is 1.88. The molecule has 2 heteroatoms. The van der Waals surface area contributed by atoms with Gasteiger partial charge in [0.25, 0.3) is 0 Å². The maximum Gasteiger partial charge on any atom is 0.118 e. The maximum atomic E-state index is 10.3. The van der Waals surface area contributed by atoms with Gasteiger partial charge in [0, 0.05) is 7.11 Å². The van der Waals surface area contributed by atoms with Crippen molar-refractivity contribution in [2.75, 3.05) is 7.11 Å². The van der Waals surface area contributed by atoms with Crippen molar-refractivity contribution < 1.29 is 9.84 Å². The lowest BCUT2D eigenvalue weighted by atomic mass is 9.49. The Morgan fingerprint density at radius 2 is 2.31 bits per heavy atom. The minimum Gasteiger partial charge on any atom is -0.387 e. The first-order valence-corrected chi connectivity index (χ1v) is 5.01. The number of hydrogen-bond acceptors (Lipinski definition) is 2. The van der Waals surface area contributed by atoms with E-state index in [0.717, 1.165) is 19.3 Å². The first kappa shape index (κ1) is 9.22. The Kier molecular flexibility index (Phi) is 1.83. The van der Waals surface area contributed by atoms with Crippen LogP contribution in [0.5, 0.6) is 0 Å². The molecule has 0 radical (unpaired) electrons. The summed E-state index contributed by atoms with van der Waals surface area (Å²) in [5.41, 5.74) is 0.287. The molecule has 0 aromatic rings. The summed E-state index contributed by atoms with van der Waals surface area (Å²) >= 11 is 0. The molecule has 0 unspecified atom stereocenters. The monoisotopic (exact) mass is 182 g/mol. The fraction of sp³-hybridized carbons (Fsp3) is 0.818. The fourth-order valence-electron chi connectivity index (χ4n) is 3.12. The molecule has 13 heavy (non-hydrogen) atoms. The van der Waals surface area contributed by atoms with Crippen LogP contribution in [0.1, 0.15) is 33.1 Å². The van der Waals surface area contributed by atoms with Gasteiger partial charge in [-0.15, -0.1) is 0 Å². The zero-order chi connectivity index (χ0) is 9.69. The second-order valence-electron chi connectivity index (χ2n) is 4.43. The van der Waals surface area contributed by atoms with Crippen molar-refractivity contribution in [2.24, 2.45) is 5.92 Å². The van der Waals surface area contributed by atoms with E-state index in [2.05, 4.69) is 6.08 Å². The first-order chi connectivity index (χ1) is 6.08. The summed E-state index contributed by atoms with van der Waals surface area (Å²) in [5, 5.41) is 10.3. The lowest BCUT2D eigenvalue weighted by molar-refractivity contribution is -0.259. The first-order valence-electron chi connectivity index (χ1n) is 5.01. The number of ether oxygens (including phenoxy) is 1. The largest absolute Gasteiger partial charge is 0.387 e. The van der Waals surface area contributed by atoms with E-state index in [1.165, 1.54) is 5.57 Å². The summed E-state index contributed by atoms with van der Waals surface area (Å²) in [4.78, 5) is 0. The summed E-state index contributed by atoms with van der Waals surface area (Å²) in [5.74, 6) is 0.441. The van der Waals surface area contributed by atoms with E-state index in [1.807, 2.05) is 13.8 Å². The Labute approximate surface area is 79.6 Å². The Balaban J connectivity index is 2.38. The van der Waals surface area contributed by atoms with Crippen molar-refractivity contribution in [3.63, 3.8) is 0 Å². The summed E-state index contributed by atoms with van der Waals surface area (Å²) in [6.07, 6.45) is 5.30. The number of fused-ring (bicyclic) bond motifs is 2. The van der Waals surface area contributed by atoms with Crippen LogP contribution in [0.3, 0.4) is 0 Å². The molecule has 3 fully saturated rings. The van der Waals surface area contributed by atoms with Crippen molar-refractivity contribution in [1.82, 2.24) is 0 Å². The Morgan fingerprint density at radius 3 is 2.69 bits per heavy atom. The lowest BCUT2D eigenvalue weighted by Gasteiger charge is -2.63. The molecule has 3 aliphatic rings. The topological polar surface area (TPSA) is 29.5 Å². The fourth-order valence-corrected chi connectivity index (χ4v) is 3.12. The maximum absolute atomic E-state index is 10.3. The summed E-state index contributed by atoms with van der Waals surface area (Å²) in [6.45, 7) is 3.94. The van der Waals surface area contributed by atoms with Gasteiger partial charge in [0.1, 0.15) is 5.60 Å². The molecule has 2 nitrogen and oxygen atoms in total. The van der Waals surface area contributed by atoms with Crippen LogP contribution in [0.15, 0.2) is 11.6 Å². The third-order valence-corrected chi connectivity index (χ3v) is 4.12. The molecule has 1 N–H and O–H groups in total. The highest BCUT2D eigenvalue weighted by Crippen LogP contribution is 2.60. The number of hydrogen-bond donors (Lipinski definition) is 1. The molecular formula is C11H18O2. The molecule has 0 heterocycles. The highest BCUT2D eigenvalue weighted by atomic mass is 16.5. The van der Waals surface area contributed by atoms with Gasteiger partial charge in [-0.2, -0.15) is 0 Å². The molecule has 74 valence electrons. The Morgan fingerprint density at radius 1 is 1.62 bits per heavy atom. The van der Waals surface area contributed by atoms with Gasteiger partial charge < -0.3 is 9.84 Å². The number of allylic oxidation sites excluding steroid dienone is 1. The molecule has 0 saturated heterocycles. The van der Waals surface area contributed by atoms with Crippen LogP contribution in [0.2, 0.25) is 0 Å². The van der Waals surface area contributed by atoms with Crippen LogP contribution in [0, 0.1) is 5.92 Å². The minimum atomic E-state index is -0.637. The minimum absolute atomic E-state index is 0.356. The van der Waals surface area contributed by atoms with E-state index in [0.29, 0.717) is 5.92 Å². The highest BCUT2D eigenvalue weighted by Gasteiger charge is 2.66. The van der Waals surface area contributed by atoms with Crippen LogP contribution in [0.4, 0.5) is 0 Å². The summed E-state index contributed by atoms with van der Waals surface area (Å²) < 4.78 is 5.55. The lowest BCUT2D eigenvalue weighted by Crippen LogP contribution is -2.71. The third-order valence-electron chi connectivity index (χ3n) is 4.12. The molecule has 0 aromatic carbocycles. The summed E-state index contributed by atoms with van der Waals surface area (Å²) in [6, 6.07) is 0. The van der Waals surface area contributed by atoms with E-state index < -0.39 is 5.60 Å². The van der Waals surface area contributed by atoms with Gasteiger partial charge in [0.05, 0.1) is 5.60 Å². The number of rotatable bonds is 1. The molecule has 3 aliphatic carbocycles. The number of methoxy groups -OCH3 is 1. The molecule has 3 saturated carbocycles. The molecule has 0 aromatic heterocycles. The molecular weight excluding hydrogens is 164 g/mol. The van der Waals surface area contributed by atoms with Crippen molar-refractivity contribution in [3.05, 3.63) is 11.6 Å². The Bertz CT molecular complexity index is 255. The normalized spacial score (nSPS) is 52.0. The Hall–Kier alpha value is -0.340. The van der Waals surface area contributed by atoms with Crippen LogP contribution >= 0.6 is 0 Å². The van der Waals surface area contributed by atoms with Gasteiger partial charge in [-0.3, -0.25) is 0 Å². The quantitative estimate of drug-likeness (QED) is 0.627. The molecule has 0 spiro atoms. The average Bonchev–Trinajstić information content (AvgIpc) is 2.16. The van der Waals surface area contributed by atoms with Crippen LogP contribution < -0.4 is 0 Å². The zero-order valence-electron chi connectivity index (χ0n) is 8.63. The second kappa shape index (κ2) is 2.58.